The highest BCUT2D eigenvalue weighted by atomic mass is 16.1. The summed E-state index contributed by atoms with van der Waals surface area (Å²) in [6.07, 6.45) is 3.29. The molecule has 0 aliphatic rings. The fourth-order valence-corrected chi connectivity index (χ4v) is 2.64. The largest absolute Gasteiger partial charge is 0.399 e. The molecule has 0 bridgehead atoms. The highest BCUT2D eigenvalue weighted by Crippen LogP contribution is 2.23. The van der Waals surface area contributed by atoms with E-state index in [0.29, 0.717) is 11.3 Å². The zero-order valence-corrected chi connectivity index (χ0v) is 13.7. The zero-order chi connectivity index (χ0) is 17.1. The van der Waals surface area contributed by atoms with E-state index < -0.39 is 0 Å². The van der Waals surface area contributed by atoms with Crippen LogP contribution in [0, 0.1) is 13.8 Å². The van der Waals surface area contributed by atoms with Crippen LogP contribution in [0.4, 0.5) is 11.4 Å². The molecule has 0 fully saturated rings. The number of amides is 1. The van der Waals surface area contributed by atoms with Gasteiger partial charge in [-0.15, -0.1) is 0 Å². The van der Waals surface area contributed by atoms with Crippen LogP contribution < -0.4 is 11.1 Å². The van der Waals surface area contributed by atoms with E-state index in [1.165, 1.54) is 0 Å². The molecular weight excluding hydrogens is 298 g/mol. The second-order valence-electron chi connectivity index (χ2n) is 5.81. The van der Waals surface area contributed by atoms with Gasteiger partial charge in [0, 0.05) is 29.3 Å². The topological polar surface area (TPSA) is 68.0 Å². The first kappa shape index (κ1) is 15.7. The van der Waals surface area contributed by atoms with Gasteiger partial charge in [-0.25, -0.2) is 0 Å². The summed E-state index contributed by atoms with van der Waals surface area (Å²) in [5.74, 6) is -0.175. The normalized spacial score (nSPS) is 10.4. The molecular formula is C20H19N3O. The lowest BCUT2D eigenvalue weighted by atomic mass is 10.0. The number of aromatic nitrogens is 1. The summed E-state index contributed by atoms with van der Waals surface area (Å²) in [4.78, 5) is 16.8. The molecule has 1 amide bonds. The first-order chi connectivity index (χ1) is 11.5. The van der Waals surface area contributed by atoms with E-state index in [-0.39, 0.29) is 5.91 Å². The van der Waals surface area contributed by atoms with Gasteiger partial charge in [0.15, 0.2) is 0 Å². The summed E-state index contributed by atoms with van der Waals surface area (Å²) >= 11 is 0. The predicted octanol–water partition coefficient (Wildman–Crippen LogP) is 4.20. The molecule has 4 heteroatoms. The zero-order valence-electron chi connectivity index (χ0n) is 13.7. The number of carbonyl (C=O) groups excluding carboxylic acids is 1. The third-order valence-electron chi connectivity index (χ3n) is 3.94. The van der Waals surface area contributed by atoms with E-state index in [1.807, 2.05) is 62.4 Å². The van der Waals surface area contributed by atoms with Crippen molar-refractivity contribution in [2.75, 3.05) is 11.1 Å². The van der Waals surface area contributed by atoms with E-state index in [1.54, 1.807) is 12.4 Å². The number of pyridine rings is 1. The Kier molecular flexibility index (Phi) is 4.29. The maximum Gasteiger partial charge on any atom is 0.257 e. The Morgan fingerprint density at radius 3 is 2.38 bits per heavy atom. The molecule has 2 aromatic carbocycles. The number of nitrogens with one attached hydrogen (secondary N) is 1. The molecule has 1 aromatic heterocycles. The van der Waals surface area contributed by atoms with E-state index >= 15 is 0 Å². The number of hydrogen-bond acceptors (Lipinski definition) is 3. The van der Waals surface area contributed by atoms with Crippen LogP contribution in [0.25, 0.3) is 11.1 Å². The maximum absolute atomic E-state index is 12.6. The Hall–Kier alpha value is -3.14. The Morgan fingerprint density at radius 2 is 1.67 bits per heavy atom. The number of nitrogens with zero attached hydrogens (tertiary/aromatic N) is 1. The van der Waals surface area contributed by atoms with Gasteiger partial charge in [-0.2, -0.15) is 0 Å². The van der Waals surface area contributed by atoms with Crippen LogP contribution in [-0.2, 0) is 0 Å². The Bertz CT molecular complexity index is 883. The number of nitrogen functional groups attached to an aromatic ring is 1. The van der Waals surface area contributed by atoms with Gasteiger partial charge in [-0.1, -0.05) is 30.3 Å². The molecule has 0 unspecified atom stereocenters. The number of benzene rings is 2. The number of para-hydroxylation sites is 1. The third-order valence-corrected chi connectivity index (χ3v) is 3.94. The van der Waals surface area contributed by atoms with Crippen LogP contribution in [0.5, 0.6) is 0 Å². The molecule has 24 heavy (non-hydrogen) atoms. The number of aryl methyl sites for hydroxylation is 2. The molecule has 3 N–H and O–H groups in total. The van der Waals surface area contributed by atoms with Crippen molar-refractivity contribution in [1.82, 2.24) is 4.98 Å². The fourth-order valence-electron chi connectivity index (χ4n) is 2.64. The van der Waals surface area contributed by atoms with Crippen molar-refractivity contribution in [3.8, 4) is 11.1 Å². The van der Waals surface area contributed by atoms with Crippen molar-refractivity contribution in [3.05, 3.63) is 77.6 Å². The minimum atomic E-state index is -0.175. The van der Waals surface area contributed by atoms with Crippen LogP contribution in [0.3, 0.4) is 0 Å². The van der Waals surface area contributed by atoms with E-state index in [4.69, 9.17) is 5.73 Å². The number of anilines is 2. The van der Waals surface area contributed by atoms with Crippen LogP contribution >= 0.6 is 0 Å². The first-order valence-electron chi connectivity index (χ1n) is 7.73. The highest BCUT2D eigenvalue weighted by molar-refractivity contribution is 6.05. The van der Waals surface area contributed by atoms with Gasteiger partial charge in [-0.05, 0) is 48.7 Å². The van der Waals surface area contributed by atoms with Crippen LogP contribution in [-0.4, -0.2) is 10.9 Å². The van der Waals surface area contributed by atoms with Crippen molar-refractivity contribution >= 4 is 17.3 Å². The Morgan fingerprint density at radius 1 is 0.958 bits per heavy atom. The molecule has 0 saturated carbocycles. The van der Waals surface area contributed by atoms with Gasteiger partial charge in [0.1, 0.15) is 0 Å². The molecule has 0 spiro atoms. The fraction of sp³-hybridized carbons (Fsp3) is 0.100. The predicted molar refractivity (Wildman–Crippen MR) is 98.0 cm³/mol. The molecule has 0 aliphatic heterocycles. The monoisotopic (exact) mass is 317 g/mol. The second-order valence-corrected chi connectivity index (χ2v) is 5.81. The quantitative estimate of drug-likeness (QED) is 0.711. The summed E-state index contributed by atoms with van der Waals surface area (Å²) in [7, 11) is 0. The number of carbonyl (C=O) groups is 1. The van der Waals surface area contributed by atoms with Gasteiger partial charge < -0.3 is 11.1 Å². The summed E-state index contributed by atoms with van der Waals surface area (Å²) in [6, 6.07) is 15.3. The van der Waals surface area contributed by atoms with Crippen LogP contribution in [0.15, 0.2) is 60.9 Å². The second kappa shape index (κ2) is 6.54. The van der Waals surface area contributed by atoms with Crippen LogP contribution in [0.2, 0.25) is 0 Å². The lowest BCUT2D eigenvalue weighted by Gasteiger charge is -2.12. The average Bonchev–Trinajstić information content (AvgIpc) is 2.58. The van der Waals surface area contributed by atoms with Gasteiger partial charge in [0.2, 0.25) is 0 Å². The summed E-state index contributed by atoms with van der Waals surface area (Å²) in [6.45, 7) is 3.95. The molecule has 0 saturated heterocycles. The van der Waals surface area contributed by atoms with E-state index in [9.17, 15) is 4.79 Å². The van der Waals surface area contributed by atoms with Crippen molar-refractivity contribution in [1.29, 1.82) is 0 Å². The van der Waals surface area contributed by atoms with Crippen molar-refractivity contribution in [3.63, 3.8) is 0 Å². The summed E-state index contributed by atoms with van der Waals surface area (Å²) < 4.78 is 0. The SMILES string of the molecule is Cc1cccc(C)c1NC(=O)c1cncc(-c2cccc(N)c2)c1. The van der Waals surface area contributed by atoms with E-state index in [0.717, 1.165) is 27.9 Å². The number of nitrogens with two attached hydrogens (primary N) is 1. The minimum absolute atomic E-state index is 0.175. The van der Waals surface area contributed by atoms with Gasteiger partial charge in [0.25, 0.3) is 5.91 Å². The number of rotatable bonds is 3. The molecule has 1 heterocycles. The lowest BCUT2D eigenvalue weighted by molar-refractivity contribution is 0.102. The average molecular weight is 317 g/mol. The van der Waals surface area contributed by atoms with Crippen molar-refractivity contribution in [2.24, 2.45) is 0 Å². The molecule has 4 nitrogen and oxygen atoms in total. The van der Waals surface area contributed by atoms with Crippen molar-refractivity contribution < 1.29 is 4.79 Å². The minimum Gasteiger partial charge on any atom is -0.399 e. The molecule has 3 aromatic rings. The van der Waals surface area contributed by atoms with Gasteiger partial charge in [-0.3, -0.25) is 9.78 Å². The lowest BCUT2D eigenvalue weighted by Crippen LogP contribution is -2.14. The molecule has 0 aliphatic carbocycles. The Labute approximate surface area is 141 Å². The maximum atomic E-state index is 12.6. The summed E-state index contributed by atoms with van der Waals surface area (Å²) in [5.41, 5.74) is 11.7. The molecule has 120 valence electrons. The molecule has 3 rings (SSSR count). The number of hydrogen-bond donors (Lipinski definition) is 2. The Balaban J connectivity index is 1.90. The van der Waals surface area contributed by atoms with E-state index in [2.05, 4.69) is 10.3 Å². The van der Waals surface area contributed by atoms with Gasteiger partial charge in [0.05, 0.1) is 5.56 Å². The van der Waals surface area contributed by atoms with Crippen molar-refractivity contribution in [2.45, 2.75) is 13.8 Å². The molecule has 0 radical (unpaired) electrons. The smallest absolute Gasteiger partial charge is 0.257 e. The third kappa shape index (κ3) is 3.27. The standard InChI is InChI=1S/C20H19N3O/c1-13-5-3-6-14(2)19(13)23-20(24)17-9-16(11-22-12-17)15-7-4-8-18(21)10-15/h3-12H,21H2,1-2H3,(H,23,24). The summed E-state index contributed by atoms with van der Waals surface area (Å²) in [5, 5.41) is 2.98. The van der Waals surface area contributed by atoms with Crippen LogP contribution in [0.1, 0.15) is 21.5 Å². The van der Waals surface area contributed by atoms with Gasteiger partial charge >= 0.3 is 0 Å². The highest BCUT2D eigenvalue weighted by Gasteiger charge is 2.11. The molecule has 0 atom stereocenters. The first-order valence-corrected chi connectivity index (χ1v) is 7.73.